The maximum absolute atomic E-state index is 11.7. The number of fused-ring (bicyclic) bond motifs is 1. The Morgan fingerprint density at radius 1 is 1.25 bits per heavy atom. The van der Waals surface area contributed by atoms with Crippen LogP contribution in [0.4, 0.5) is 0 Å². The SMILES string of the molecule is Cc1ccc2c(-c3nc(C(=O)O)c([C@@H](N)COC(C)(C)C)o3)ccc(O)c2n1. The number of aromatic hydroxyl groups is 1. The predicted molar refractivity (Wildman–Crippen MR) is 103 cm³/mol. The molecule has 0 radical (unpaired) electrons. The van der Waals surface area contributed by atoms with E-state index in [4.69, 9.17) is 14.9 Å². The van der Waals surface area contributed by atoms with E-state index in [-0.39, 0.29) is 29.7 Å². The zero-order chi connectivity index (χ0) is 20.6. The van der Waals surface area contributed by atoms with E-state index in [2.05, 4.69) is 9.97 Å². The average molecular weight is 385 g/mol. The van der Waals surface area contributed by atoms with Crippen LogP contribution in [0.1, 0.15) is 48.8 Å². The Kier molecular flexibility index (Phi) is 5.10. The Bertz CT molecular complexity index is 1040. The number of carbonyl (C=O) groups is 1. The molecular formula is C20H23N3O5. The third-order valence-corrected chi connectivity index (χ3v) is 4.09. The van der Waals surface area contributed by atoms with E-state index in [0.29, 0.717) is 16.5 Å². The summed E-state index contributed by atoms with van der Waals surface area (Å²) in [6.07, 6.45) is 0. The molecule has 0 aliphatic heterocycles. The highest BCUT2D eigenvalue weighted by atomic mass is 16.5. The van der Waals surface area contributed by atoms with E-state index in [9.17, 15) is 15.0 Å². The number of nitrogens with two attached hydrogens (primary N) is 1. The van der Waals surface area contributed by atoms with Gasteiger partial charge in [-0.3, -0.25) is 0 Å². The van der Waals surface area contributed by atoms with Gasteiger partial charge in [-0.15, -0.1) is 0 Å². The second-order valence-electron chi connectivity index (χ2n) is 7.55. The Hall–Kier alpha value is -2.97. The summed E-state index contributed by atoms with van der Waals surface area (Å²) >= 11 is 0. The zero-order valence-electron chi connectivity index (χ0n) is 16.2. The van der Waals surface area contributed by atoms with Crippen molar-refractivity contribution in [1.29, 1.82) is 0 Å². The lowest BCUT2D eigenvalue weighted by Crippen LogP contribution is -2.27. The van der Waals surface area contributed by atoms with Gasteiger partial charge in [0.1, 0.15) is 11.3 Å². The standard InChI is InChI=1S/C20H23N3O5/c1-10-5-6-11-12(7-8-14(24)15(11)22-10)18-23-16(19(25)26)17(28-18)13(21)9-27-20(2,3)4/h5-8,13,24H,9,21H2,1-4H3,(H,25,26)/t13-/m0/s1. The first kappa shape index (κ1) is 19.8. The number of aromatic carboxylic acids is 1. The molecule has 0 spiro atoms. The molecule has 0 bridgehead atoms. The van der Waals surface area contributed by atoms with Gasteiger partial charge in [0, 0.05) is 16.6 Å². The van der Waals surface area contributed by atoms with E-state index in [0.717, 1.165) is 5.69 Å². The third-order valence-electron chi connectivity index (χ3n) is 4.09. The highest BCUT2D eigenvalue weighted by Gasteiger charge is 2.27. The maximum Gasteiger partial charge on any atom is 0.358 e. The highest BCUT2D eigenvalue weighted by molar-refractivity contribution is 5.96. The van der Waals surface area contributed by atoms with Crippen LogP contribution in [0, 0.1) is 6.92 Å². The molecule has 0 amide bonds. The Labute approximate surface area is 162 Å². The van der Waals surface area contributed by atoms with Crippen molar-refractivity contribution in [2.45, 2.75) is 39.3 Å². The van der Waals surface area contributed by atoms with Crippen LogP contribution < -0.4 is 5.73 Å². The smallest absolute Gasteiger partial charge is 0.358 e. The molecule has 0 unspecified atom stereocenters. The minimum atomic E-state index is -1.24. The highest BCUT2D eigenvalue weighted by Crippen LogP contribution is 2.34. The number of nitrogens with zero attached hydrogens (tertiary/aromatic N) is 2. The molecule has 8 nitrogen and oxygen atoms in total. The lowest BCUT2D eigenvalue weighted by molar-refractivity contribution is -0.0124. The number of hydrogen-bond acceptors (Lipinski definition) is 7. The van der Waals surface area contributed by atoms with E-state index < -0.39 is 17.6 Å². The first-order valence-corrected chi connectivity index (χ1v) is 8.80. The molecule has 8 heteroatoms. The summed E-state index contributed by atoms with van der Waals surface area (Å²) in [5.41, 5.74) is 7.05. The number of hydrogen-bond donors (Lipinski definition) is 3. The quantitative estimate of drug-likeness (QED) is 0.609. The maximum atomic E-state index is 11.7. The molecule has 4 N–H and O–H groups in total. The van der Waals surface area contributed by atoms with E-state index in [1.807, 2.05) is 27.7 Å². The molecule has 0 saturated carbocycles. The van der Waals surface area contributed by atoms with Crippen molar-refractivity contribution in [3.63, 3.8) is 0 Å². The normalized spacial score (nSPS) is 13.0. The molecular weight excluding hydrogens is 362 g/mol. The van der Waals surface area contributed by atoms with Gasteiger partial charge in [0.05, 0.1) is 18.2 Å². The van der Waals surface area contributed by atoms with Crippen LogP contribution in [0.3, 0.4) is 0 Å². The third kappa shape index (κ3) is 3.97. The molecule has 28 heavy (non-hydrogen) atoms. The summed E-state index contributed by atoms with van der Waals surface area (Å²) in [5, 5.41) is 20.2. The molecule has 0 saturated heterocycles. The molecule has 0 aliphatic rings. The minimum Gasteiger partial charge on any atom is -0.506 e. The van der Waals surface area contributed by atoms with Crippen LogP contribution in [0.2, 0.25) is 0 Å². The number of aryl methyl sites for hydroxylation is 1. The fourth-order valence-electron chi connectivity index (χ4n) is 2.75. The van der Waals surface area contributed by atoms with Crippen molar-refractivity contribution >= 4 is 16.9 Å². The second kappa shape index (κ2) is 7.21. The number of phenols is 1. The van der Waals surface area contributed by atoms with Crippen molar-refractivity contribution in [1.82, 2.24) is 9.97 Å². The largest absolute Gasteiger partial charge is 0.506 e. The lowest BCUT2D eigenvalue weighted by Gasteiger charge is -2.21. The van der Waals surface area contributed by atoms with Gasteiger partial charge < -0.3 is 25.1 Å². The van der Waals surface area contributed by atoms with Crippen molar-refractivity contribution in [2.24, 2.45) is 5.73 Å². The molecule has 2 aromatic heterocycles. The number of aromatic nitrogens is 2. The second-order valence-corrected chi connectivity index (χ2v) is 7.55. The molecule has 0 fully saturated rings. The van der Waals surface area contributed by atoms with Crippen molar-refractivity contribution in [2.75, 3.05) is 6.61 Å². The Morgan fingerprint density at radius 2 is 1.96 bits per heavy atom. The molecule has 1 atom stereocenters. The van der Waals surface area contributed by atoms with Gasteiger partial charge in [0.15, 0.2) is 11.5 Å². The lowest BCUT2D eigenvalue weighted by atomic mass is 10.1. The molecule has 1 aromatic carbocycles. The van der Waals surface area contributed by atoms with E-state index >= 15 is 0 Å². The van der Waals surface area contributed by atoms with Crippen LogP contribution in [0.15, 0.2) is 28.7 Å². The number of carboxylic acids is 1. The van der Waals surface area contributed by atoms with Gasteiger partial charge >= 0.3 is 5.97 Å². The van der Waals surface area contributed by atoms with Crippen molar-refractivity contribution in [3.05, 3.63) is 41.4 Å². The first-order valence-electron chi connectivity index (χ1n) is 8.80. The van der Waals surface area contributed by atoms with Crippen molar-refractivity contribution in [3.8, 4) is 17.2 Å². The van der Waals surface area contributed by atoms with Crippen LogP contribution in [-0.4, -0.2) is 38.4 Å². The first-order chi connectivity index (χ1) is 13.1. The number of ether oxygens (including phenoxy) is 1. The van der Waals surface area contributed by atoms with Gasteiger partial charge in [-0.25, -0.2) is 14.8 Å². The number of carboxylic acid groups (broad SMARTS) is 1. The minimum absolute atomic E-state index is 0.0166. The van der Waals surface area contributed by atoms with Gasteiger partial charge in [-0.1, -0.05) is 6.07 Å². The summed E-state index contributed by atoms with van der Waals surface area (Å²) in [4.78, 5) is 20.1. The fraction of sp³-hybridized carbons (Fsp3) is 0.350. The molecule has 148 valence electrons. The Morgan fingerprint density at radius 3 is 2.61 bits per heavy atom. The summed E-state index contributed by atoms with van der Waals surface area (Å²) in [5.74, 6) is -1.10. The van der Waals surface area contributed by atoms with Gasteiger partial charge in [-0.2, -0.15) is 0 Å². The zero-order valence-corrected chi connectivity index (χ0v) is 16.2. The van der Waals surface area contributed by atoms with Gasteiger partial charge in [-0.05, 0) is 45.9 Å². The summed E-state index contributed by atoms with van der Waals surface area (Å²) in [7, 11) is 0. The number of oxazole rings is 1. The molecule has 3 aromatic rings. The van der Waals surface area contributed by atoms with Crippen LogP contribution in [0.5, 0.6) is 5.75 Å². The Balaban J connectivity index is 2.08. The average Bonchev–Trinajstić information content (AvgIpc) is 3.05. The van der Waals surface area contributed by atoms with Gasteiger partial charge in [0.25, 0.3) is 0 Å². The van der Waals surface area contributed by atoms with Crippen molar-refractivity contribution < 1.29 is 24.2 Å². The van der Waals surface area contributed by atoms with E-state index in [1.54, 1.807) is 18.2 Å². The van der Waals surface area contributed by atoms with Crippen LogP contribution >= 0.6 is 0 Å². The van der Waals surface area contributed by atoms with Gasteiger partial charge in [0.2, 0.25) is 5.89 Å². The number of phenolic OH excluding ortho intramolecular Hbond substituents is 1. The van der Waals surface area contributed by atoms with Crippen LogP contribution in [0.25, 0.3) is 22.4 Å². The van der Waals surface area contributed by atoms with E-state index in [1.165, 1.54) is 6.07 Å². The molecule has 0 aliphatic carbocycles. The number of rotatable bonds is 5. The topological polar surface area (TPSA) is 132 Å². The summed E-state index contributed by atoms with van der Waals surface area (Å²) in [6.45, 7) is 7.52. The fourth-order valence-corrected chi connectivity index (χ4v) is 2.75. The molecule has 3 rings (SSSR count). The monoisotopic (exact) mass is 385 g/mol. The summed E-state index contributed by atoms with van der Waals surface area (Å²) in [6, 6.07) is 5.84. The predicted octanol–water partition coefficient (Wildman–Crippen LogP) is 3.42. The molecule has 2 heterocycles. The number of benzene rings is 1. The summed E-state index contributed by atoms with van der Waals surface area (Å²) < 4.78 is 11.4. The number of pyridine rings is 1. The van der Waals surface area contributed by atoms with Crippen LogP contribution in [-0.2, 0) is 4.74 Å².